The molecule has 1 heterocycles. The maximum absolute atomic E-state index is 12.3. The molecule has 122 valence electrons. The van der Waals surface area contributed by atoms with Gasteiger partial charge in [0.1, 0.15) is 5.03 Å². The Hall–Kier alpha value is -1.62. The number of nitrogens with one attached hydrogen (secondary N) is 1. The summed E-state index contributed by atoms with van der Waals surface area (Å²) in [6.45, 7) is 4.53. The SMILES string of the molecule is CC1CCCC(NC(=O)CSc2nncc3ccccc23)C1C. The first kappa shape index (κ1) is 16.2. The summed E-state index contributed by atoms with van der Waals surface area (Å²) >= 11 is 1.46. The molecule has 4 nitrogen and oxygen atoms in total. The van der Waals surface area contributed by atoms with Crippen LogP contribution in [0.1, 0.15) is 33.1 Å². The van der Waals surface area contributed by atoms with Gasteiger partial charge < -0.3 is 5.32 Å². The largest absolute Gasteiger partial charge is 0.352 e. The van der Waals surface area contributed by atoms with E-state index in [4.69, 9.17) is 0 Å². The third-order valence-electron chi connectivity index (χ3n) is 4.93. The van der Waals surface area contributed by atoms with E-state index in [1.54, 1.807) is 6.20 Å². The zero-order valence-electron chi connectivity index (χ0n) is 13.7. The van der Waals surface area contributed by atoms with Crippen molar-refractivity contribution < 1.29 is 4.79 Å². The Kier molecular flexibility index (Phi) is 5.16. The number of amides is 1. The van der Waals surface area contributed by atoms with Crippen molar-refractivity contribution in [3.8, 4) is 0 Å². The highest BCUT2D eigenvalue weighted by Gasteiger charge is 2.28. The minimum Gasteiger partial charge on any atom is -0.352 e. The molecule has 1 aliphatic carbocycles. The Morgan fingerprint density at radius 3 is 3.00 bits per heavy atom. The molecule has 23 heavy (non-hydrogen) atoms. The summed E-state index contributed by atoms with van der Waals surface area (Å²) in [7, 11) is 0. The van der Waals surface area contributed by atoms with Crippen molar-refractivity contribution in [2.75, 3.05) is 5.75 Å². The fourth-order valence-electron chi connectivity index (χ4n) is 3.28. The third kappa shape index (κ3) is 3.83. The van der Waals surface area contributed by atoms with E-state index >= 15 is 0 Å². The average molecular weight is 329 g/mol. The van der Waals surface area contributed by atoms with Gasteiger partial charge in [-0.25, -0.2) is 0 Å². The number of carbonyl (C=O) groups is 1. The molecule has 1 aromatic heterocycles. The van der Waals surface area contributed by atoms with Gasteiger partial charge in [-0.2, -0.15) is 5.10 Å². The van der Waals surface area contributed by atoms with Crippen molar-refractivity contribution in [3.05, 3.63) is 30.5 Å². The zero-order valence-corrected chi connectivity index (χ0v) is 14.5. The molecule has 0 saturated heterocycles. The summed E-state index contributed by atoms with van der Waals surface area (Å²) < 4.78 is 0. The molecule has 1 N–H and O–H groups in total. The van der Waals surface area contributed by atoms with Crippen LogP contribution in [0.4, 0.5) is 0 Å². The molecule has 1 amide bonds. The van der Waals surface area contributed by atoms with Gasteiger partial charge in [-0.15, -0.1) is 5.10 Å². The summed E-state index contributed by atoms with van der Waals surface area (Å²) in [5.74, 6) is 1.72. The topological polar surface area (TPSA) is 54.9 Å². The van der Waals surface area contributed by atoms with Crippen LogP contribution >= 0.6 is 11.8 Å². The molecule has 0 bridgehead atoms. The summed E-state index contributed by atoms with van der Waals surface area (Å²) in [5.41, 5.74) is 0. The number of carbonyl (C=O) groups excluding carboxylic acids is 1. The van der Waals surface area contributed by atoms with Gasteiger partial charge in [0.05, 0.1) is 11.9 Å². The Morgan fingerprint density at radius 2 is 2.13 bits per heavy atom. The minimum atomic E-state index is 0.0932. The van der Waals surface area contributed by atoms with E-state index in [2.05, 4.69) is 29.4 Å². The predicted molar refractivity (Wildman–Crippen MR) is 94.4 cm³/mol. The molecule has 3 atom stereocenters. The number of benzene rings is 1. The Morgan fingerprint density at radius 1 is 1.30 bits per heavy atom. The minimum absolute atomic E-state index is 0.0932. The zero-order chi connectivity index (χ0) is 16.2. The third-order valence-corrected chi connectivity index (χ3v) is 5.91. The first-order valence-corrected chi connectivity index (χ1v) is 9.26. The van der Waals surface area contributed by atoms with Gasteiger partial charge in [-0.3, -0.25) is 4.79 Å². The van der Waals surface area contributed by atoms with Gasteiger partial charge in [0.15, 0.2) is 0 Å². The molecule has 2 aromatic rings. The Bertz CT molecular complexity index is 686. The summed E-state index contributed by atoms with van der Waals surface area (Å²) in [6.07, 6.45) is 5.33. The van der Waals surface area contributed by atoms with Gasteiger partial charge >= 0.3 is 0 Å². The van der Waals surface area contributed by atoms with Crippen molar-refractivity contribution in [2.45, 2.75) is 44.2 Å². The number of aromatic nitrogens is 2. The normalized spacial score (nSPS) is 24.5. The Balaban J connectivity index is 1.60. The standard InChI is InChI=1S/C18H23N3OS/c1-12-6-5-9-16(13(12)2)20-17(22)11-23-18-15-8-4-3-7-14(15)10-19-21-18/h3-4,7-8,10,12-13,16H,5-6,9,11H2,1-2H3,(H,20,22). The first-order chi connectivity index (χ1) is 11.1. The lowest BCUT2D eigenvalue weighted by molar-refractivity contribution is -0.119. The maximum atomic E-state index is 12.3. The molecular formula is C18H23N3OS. The van der Waals surface area contributed by atoms with E-state index in [1.807, 2.05) is 24.3 Å². The van der Waals surface area contributed by atoms with Crippen LogP contribution in [0.2, 0.25) is 0 Å². The highest BCUT2D eigenvalue weighted by atomic mass is 32.2. The number of thioether (sulfide) groups is 1. The molecule has 1 aliphatic rings. The van der Waals surface area contributed by atoms with Gasteiger partial charge in [-0.05, 0) is 18.3 Å². The quantitative estimate of drug-likeness (QED) is 0.870. The van der Waals surface area contributed by atoms with Crippen LogP contribution < -0.4 is 5.32 Å². The molecule has 1 fully saturated rings. The van der Waals surface area contributed by atoms with Crippen LogP contribution in [0, 0.1) is 11.8 Å². The molecule has 3 unspecified atom stereocenters. The smallest absolute Gasteiger partial charge is 0.230 e. The molecule has 0 spiro atoms. The summed E-state index contributed by atoms with van der Waals surface area (Å²) in [6, 6.07) is 8.31. The molecular weight excluding hydrogens is 306 g/mol. The van der Waals surface area contributed by atoms with E-state index in [0.717, 1.165) is 22.2 Å². The molecule has 3 rings (SSSR count). The van der Waals surface area contributed by atoms with Gasteiger partial charge in [0.2, 0.25) is 5.91 Å². The second-order valence-electron chi connectivity index (χ2n) is 6.47. The average Bonchev–Trinajstić information content (AvgIpc) is 2.57. The van der Waals surface area contributed by atoms with Crippen LogP contribution in [0.5, 0.6) is 0 Å². The van der Waals surface area contributed by atoms with Crippen molar-refractivity contribution >= 4 is 28.4 Å². The van der Waals surface area contributed by atoms with Gasteiger partial charge in [-0.1, -0.05) is 62.7 Å². The van der Waals surface area contributed by atoms with E-state index in [-0.39, 0.29) is 5.91 Å². The van der Waals surface area contributed by atoms with Crippen LogP contribution in [0.3, 0.4) is 0 Å². The fourth-order valence-corrected chi connectivity index (χ4v) is 4.07. The molecule has 1 saturated carbocycles. The lowest BCUT2D eigenvalue weighted by Crippen LogP contribution is -2.44. The van der Waals surface area contributed by atoms with Crippen LogP contribution in [0.25, 0.3) is 10.8 Å². The lowest BCUT2D eigenvalue weighted by Gasteiger charge is -2.34. The first-order valence-electron chi connectivity index (χ1n) is 8.27. The molecule has 0 aliphatic heterocycles. The molecule has 0 radical (unpaired) electrons. The van der Waals surface area contributed by atoms with Crippen LogP contribution in [0.15, 0.2) is 35.5 Å². The second kappa shape index (κ2) is 7.30. The van der Waals surface area contributed by atoms with E-state index in [1.165, 1.54) is 24.6 Å². The van der Waals surface area contributed by atoms with Gasteiger partial charge in [0, 0.05) is 16.8 Å². The number of nitrogens with zero attached hydrogens (tertiary/aromatic N) is 2. The second-order valence-corrected chi connectivity index (χ2v) is 7.43. The molecule has 1 aromatic carbocycles. The number of fused-ring (bicyclic) bond motifs is 1. The lowest BCUT2D eigenvalue weighted by atomic mass is 9.78. The van der Waals surface area contributed by atoms with Crippen LogP contribution in [-0.4, -0.2) is 27.9 Å². The van der Waals surface area contributed by atoms with Crippen LogP contribution in [-0.2, 0) is 4.79 Å². The van der Waals surface area contributed by atoms with Gasteiger partial charge in [0.25, 0.3) is 0 Å². The molecule has 5 heteroatoms. The fraction of sp³-hybridized carbons (Fsp3) is 0.500. The summed E-state index contributed by atoms with van der Waals surface area (Å²) in [4.78, 5) is 12.3. The van der Waals surface area contributed by atoms with E-state index < -0.39 is 0 Å². The maximum Gasteiger partial charge on any atom is 0.230 e. The Labute approximate surface area is 141 Å². The predicted octanol–water partition coefficient (Wildman–Crippen LogP) is 3.66. The van der Waals surface area contributed by atoms with E-state index in [0.29, 0.717) is 23.6 Å². The number of hydrogen-bond donors (Lipinski definition) is 1. The van der Waals surface area contributed by atoms with Crippen molar-refractivity contribution in [2.24, 2.45) is 11.8 Å². The number of rotatable bonds is 4. The van der Waals surface area contributed by atoms with Crippen molar-refractivity contribution in [1.82, 2.24) is 15.5 Å². The van der Waals surface area contributed by atoms with Crippen molar-refractivity contribution in [1.29, 1.82) is 0 Å². The summed E-state index contributed by atoms with van der Waals surface area (Å²) in [5, 5.41) is 14.4. The highest BCUT2D eigenvalue weighted by Crippen LogP contribution is 2.30. The van der Waals surface area contributed by atoms with E-state index in [9.17, 15) is 4.79 Å². The highest BCUT2D eigenvalue weighted by molar-refractivity contribution is 8.00. The number of hydrogen-bond acceptors (Lipinski definition) is 4. The van der Waals surface area contributed by atoms with Crippen molar-refractivity contribution in [3.63, 3.8) is 0 Å². The monoisotopic (exact) mass is 329 g/mol.